The molecule has 0 aliphatic carbocycles. The van der Waals surface area contributed by atoms with Crippen LogP contribution in [0.2, 0.25) is 0 Å². The fourth-order valence-electron chi connectivity index (χ4n) is 2.77. The van der Waals surface area contributed by atoms with Gasteiger partial charge in [-0.15, -0.1) is 0 Å². The van der Waals surface area contributed by atoms with Crippen molar-refractivity contribution in [2.75, 3.05) is 31.9 Å². The Kier molecular flexibility index (Phi) is 4.10. The van der Waals surface area contributed by atoms with Crippen LogP contribution in [0.25, 0.3) is 11.0 Å². The summed E-state index contributed by atoms with van der Waals surface area (Å²) in [6, 6.07) is 7.10. The van der Waals surface area contributed by atoms with Crippen molar-refractivity contribution >= 4 is 22.6 Å². The molecule has 0 unspecified atom stereocenters. The summed E-state index contributed by atoms with van der Waals surface area (Å²) in [4.78, 5) is 14.5. The molecule has 0 atom stereocenters. The van der Waals surface area contributed by atoms with Crippen LogP contribution in [0, 0.1) is 0 Å². The Labute approximate surface area is 124 Å². The number of piperidine rings is 1. The van der Waals surface area contributed by atoms with Gasteiger partial charge in [-0.2, -0.15) is 0 Å². The molecule has 3 rings (SSSR count). The predicted molar refractivity (Wildman–Crippen MR) is 83.3 cm³/mol. The number of rotatable bonds is 4. The van der Waals surface area contributed by atoms with Crippen LogP contribution in [0.5, 0.6) is 0 Å². The summed E-state index contributed by atoms with van der Waals surface area (Å²) in [6.45, 7) is 3.83. The van der Waals surface area contributed by atoms with E-state index >= 15 is 0 Å². The summed E-state index contributed by atoms with van der Waals surface area (Å²) < 4.78 is 5.55. The molecule has 1 amide bonds. The standard InChI is InChI=1S/C16H21N3O2/c17-13-4-5-14-12(10-13)11-15(21-14)16(20)18-6-9-19-7-2-1-3-8-19/h4-5,10-11H,1-3,6-9,17H2,(H,18,20). The smallest absolute Gasteiger partial charge is 0.287 e. The minimum atomic E-state index is -0.165. The molecule has 0 spiro atoms. The van der Waals surface area contributed by atoms with Gasteiger partial charge < -0.3 is 20.4 Å². The molecule has 1 saturated heterocycles. The van der Waals surface area contributed by atoms with Crippen molar-refractivity contribution in [3.8, 4) is 0 Å². The molecule has 1 aromatic carbocycles. The number of carbonyl (C=O) groups is 1. The zero-order chi connectivity index (χ0) is 14.7. The zero-order valence-electron chi connectivity index (χ0n) is 12.1. The number of hydrogen-bond acceptors (Lipinski definition) is 4. The van der Waals surface area contributed by atoms with Crippen LogP contribution in [0.15, 0.2) is 28.7 Å². The van der Waals surface area contributed by atoms with Crippen LogP contribution < -0.4 is 11.1 Å². The molecule has 1 aliphatic rings. The van der Waals surface area contributed by atoms with Gasteiger partial charge in [0.1, 0.15) is 5.58 Å². The number of likely N-dealkylation sites (tertiary alicyclic amines) is 1. The lowest BCUT2D eigenvalue weighted by atomic mass is 10.1. The van der Waals surface area contributed by atoms with Crippen molar-refractivity contribution in [3.05, 3.63) is 30.0 Å². The van der Waals surface area contributed by atoms with Crippen LogP contribution in [0.3, 0.4) is 0 Å². The number of fused-ring (bicyclic) bond motifs is 1. The van der Waals surface area contributed by atoms with Gasteiger partial charge >= 0.3 is 0 Å². The monoisotopic (exact) mass is 287 g/mol. The summed E-state index contributed by atoms with van der Waals surface area (Å²) in [5.41, 5.74) is 7.08. The lowest BCUT2D eigenvalue weighted by molar-refractivity contribution is 0.0921. The molecule has 5 nitrogen and oxygen atoms in total. The molecule has 0 bridgehead atoms. The fraction of sp³-hybridized carbons (Fsp3) is 0.438. The van der Waals surface area contributed by atoms with Crippen molar-refractivity contribution in [2.45, 2.75) is 19.3 Å². The van der Waals surface area contributed by atoms with E-state index in [4.69, 9.17) is 10.2 Å². The van der Waals surface area contributed by atoms with Crippen molar-refractivity contribution in [3.63, 3.8) is 0 Å². The average Bonchev–Trinajstić information content (AvgIpc) is 2.91. The quantitative estimate of drug-likeness (QED) is 0.846. The van der Waals surface area contributed by atoms with Gasteiger partial charge in [-0.25, -0.2) is 0 Å². The van der Waals surface area contributed by atoms with Gasteiger partial charge in [0.05, 0.1) is 0 Å². The van der Waals surface area contributed by atoms with E-state index in [1.807, 2.05) is 6.07 Å². The third kappa shape index (κ3) is 3.36. The van der Waals surface area contributed by atoms with E-state index < -0.39 is 0 Å². The molecule has 5 heteroatoms. The fourth-order valence-corrected chi connectivity index (χ4v) is 2.77. The topological polar surface area (TPSA) is 71.5 Å². The molecule has 1 fully saturated rings. The summed E-state index contributed by atoms with van der Waals surface area (Å²) >= 11 is 0. The molecule has 3 N–H and O–H groups in total. The SMILES string of the molecule is Nc1ccc2oc(C(=O)NCCN3CCCCC3)cc2c1. The number of nitrogens with one attached hydrogen (secondary N) is 1. The zero-order valence-corrected chi connectivity index (χ0v) is 12.1. The molecule has 112 valence electrons. The van der Waals surface area contributed by atoms with Crippen molar-refractivity contribution in [2.24, 2.45) is 0 Å². The number of anilines is 1. The second-order valence-corrected chi connectivity index (χ2v) is 5.57. The first-order valence-electron chi connectivity index (χ1n) is 7.52. The largest absolute Gasteiger partial charge is 0.451 e. The average molecular weight is 287 g/mol. The van der Waals surface area contributed by atoms with Crippen molar-refractivity contribution in [1.29, 1.82) is 0 Å². The molecule has 2 aromatic rings. The van der Waals surface area contributed by atoms with Crippen LogP contribution in [0.1, 0.15) is 29.8 Å². The van der Waals surface area contributed by atoms with E-state index in [0.717, 1.165) is 25.0 Å². The van der Waals surface area contributed by atoms with E-state index in [1.165, 1.54) is 19.3 Å². The lowest BCUT2D eigenvalue weighted by Gasteiger charge is -2.26. The summed E-state index contributed by atoms with van der Waals surface area (Å²) in [5, 5.41) is 3.77. The highest BCUT2D eigenvalue weighted by Crippen LogP contribution is 2.21. The van der Waals surface area contributed by atoms with Crippen LogP contribution in [0.4, 0.5) is 5.69 Å². The first-order chi connectivity index (χ1) is 10.2. The normalized spacial score (nSPS) is 16.2. The number of carbonyl (C=O) groups excluding carboxylic acids is 1. The molecular weight excluding hydrogens is 266 g/mol. The number of amides is 1. The molecule has 1 aromatic heterocycles. The Morgan fingerprint density at radius 2 is 2.05 bits per heavy atom. The molecule has 21 heavy (non-hydrogen) atoms. The molecule has 0 saturated carbocycles. The van der Waals surface area contributed by atoms with Gasteiger partial charge in [-0.05, 0) is 50.2 Å². The summed E-state index contributed by atoms with van der Waals surface area (Å²) in [7, 11) is 0. The number of benzene rings is 1. The van der Waals surface area contributed by atoms with Crippen molar-refractivity contribution < 1.29 is 9.21 Å². The molecule has 1 aliphatic heterocycles. The van der Waals surface area contributed by atoms with Crippen LogP contribution in [-0.2, 0) is 0 Å². The second kappa shape index (κ2) is 6.18. The summed E-state index contributed by atoms with van der Waals surface area (Å²) in [6.07, 6.45) is 3.85. The lowest BCUT2D eigenvalue weighted by Crippen LogP contribution is -2.37. The number of nitrogen functional groups attached to an aromatic ring is 1. The minimum Gasteiger partial charge on any atom is -0.451 e. The van der Waals surface area contributed by atoms with Gasteiger partial charge in [0.25, 0.3) is 5.91 Å². The maximum atomic E-state index is 12.1. The van der Waals surface area contributed by atoms with E-state index in [1.54, 1.807) is 18.2 Å². The van der Waals surface area contributed by atoms with E-state index in [-0.39, 0.29) is 5.91 Å². The third-order valence-electron chi connectivity index (χ3n) is 3.93. The third-order valence-corrected chi connectivity index (χ3v) is 3.93. The number of hydrogen-bond donors (Lipinski definition) is 2. The van der Waals surface area contributed by atoms with Crippen LogP contribution >= 0.6 is 0 Å². The Bertz CT molecular complexity index is 629. The Balaban J connectivity index is 1.56. The van der Waals surface area contributed by atoms with E-state index in [0.29, 0.717) is 23.6 Å². The highest BCUT2D eigenvalue weighted by molar-refractivity contribution is 5.96. The first-order valence-corrected chi connectivity index (χ1v) is 7.52. The second-order valence-electron chi connectivity index (χ2n) is 5.57. The minimum absolute atomic E-state index is 0.165. The molecular formula is C16H21N3O2. The number of nitrogens with zero attached hydrogens (tertiary/aromatic N) is 1. The maximum absolute atomic E-state index is 12.1. The van der Waals surface area contributed by atoms with Gasteiger partial charge in [0.2, 0.25) is 0 Å². The van der Waals surface area contributed by atoms with E-state index in [9.17, 15) is 4.79 Å². The Hall–Kier alpha value is -2.01. The number of nitrogens with two attached hydrogens (primary N) is 1. The van der Waals surface area contributed by atoms with Crippen LogP contribution in [-0.4, -0.2) is 37.0 Å². The predicted octanol–water partition coefficient (Wildman–Crippen LogP) is 2.23. The highest BCUT2D eigenvalue weighted by Gasteiger charge is 2.13. The Morgan fingerprint density at radius 1 is 1.24 bits per heavy atom. The summed E-state index contributed by atoms with van der Waals surface area (Å²) in [5.74, 6) is 0.177. The van der Waals surface area contributed by atoms with Crippen molar-refractivity contribution in [1.82, 2.24) is 10.2 Å². The number of furan rings is 1. The maximum Gasteiger partial charge on any atom is 0.287 e. The van der Waals surface area contributed by atoms with Gasteiger partial charge in [-0.1, -0.05) is 6.42 Å². The Morgan fingerprint density at radius 3 is 2.86 bits per heavy atom. The van der Waals surface area contributed by atoms with E-state index in [2.05, 4.69) is 10.2 Å². The first kappa shape index (κ1) is 13.9. The molecule has 0 radical (unpaired) electrons. The van der Waals surface area contributed by atoms with Gasteiger partial charge in [0, 0.05) is 24.2 Å². The highest BCUT2D eigenvalue weighted by atomic mass is 16.3. The van der Waals surface area contributed by atoms with Gasteiger partial charge in [-0.3, -0.25) is 4.79 Å². The molecule has 2 heterocycles. The van der Waals surface area contributed by atoms with Gasteiger partial charge in [0.15, 0.2) is 5.76 Å².